The maximum Gasteiger partial charge on any atom is 0.273 e. The van der Waals surface area contributed by atoms with E-state index in [1.54, 1.807) is 26.0 Å². The van der Waals surface area contributed by atoms with E-state index in [1.165, 1.54) is 30.3 Å². The molecule has 1 N–H and O–H groups in total. The lowest BCUT2D eigenvalue weighted by molar-refractivity contribution is -0.385. The van der Waals surface area contributed by atoms with Crippen LogP contribution >= 0.6 is 0 Å². The van der Waals surface area contributed by atoms with Crippen molar-refractivity contribution in [2.75, 3.05) is 6.26 Å². The number of rotatable bonds is 5. The van der Waals surface area contributed by atoms with Crippen LogP contribution < -0.4 is 5.32 Å². The lowest BCUT2D eigenvalue weighted by Crippen LogP contribution is -2.26. The Kier molecular flexibility index (Phi) is 5.22. The van der Waals surface area contributed by atoms with Crippen LogP contribution in [0.5, 0.6) is 0 Å². The van der Waals surface area contributed by atoms with Crippen LogP contribution in [0.3, 0.4) is 0 Å². The SMILES string of the molecule is Cc1ccc(C(=O)N[C@H](C)c2ccc(S(C)(=O)=O)cc2)cc1[N+](=O)[O-]. The third-order valence-corrected chi connectivity index (χ3v) is 4.95. The first-order valence-corrected chi connectivity index (χ1v) is 9.34. The van der Waals surface area contributed by atoms with Crippen molar-refractivity contribution in [2.45, 2.75) is 24.8 Å². The predicted octanol–water partition coefficient (Wildman–Crippen LogP) is 2.80. The third-order valence-electron chi connectivity index (χ3n) is 3.82. The minimum absolute atomic E-state index is 0.113. The van der Waals surface area contributed by atoms with E-state index in [0.717, 1.165) is 11.8 Å². The molecule has 25 heavy (non-hydrogen) atoms. The highest BCUT2D eigenvalue weighted by Crippen LogP contribution is 2.21. The van der Waals surface area contributed by atoms with Gasteiger partial charge < -0.3 is 5.32 Å². The van der Waals surface area contributed by atoms with E-state index in [9.17, 15) is 23.3 Å². The summed E-state index contributed by atoms with van der Waals surface area (Å²) in [6.07, 6.45) is 1.12. The Morgan fingerprint density at radius 1 is 1.16 bits per heavy atom. The number of nitro benzene ring substituents is 1. The fourth-order valence-electron chi connectivity index (χ4n) is 2.31. The summed E-state index contributed by atoms with van der Waals surface area (Å²) >= 11 is 0. The highest BCUT2D eigenvalue weighted by molar-refractivity contribution is 7.90. The van der Waals surface area contributed by atoms with Crippen LogP contribution in [0.4, 0.5) is 5.69 Å². The van der Waals surface area contributed by atoms with Gasteiger partial charge in [0.1, 0.15) is 0 Å². The number of sulfone groups is 1. The van der Waals surface area contributed by atoms with Crippen LogP contribution in [0.15, 0.2) is 47.4 Å². The van der Waals surface area contributed by atoms with Crippen molar-refractivity contribution in [3.63, 3.8) is 0 Å². The number of nitro groups is 1. The molecule has 0 heterocycles. The van der Waals surface area contributed by atoms with Crippen molar-refractivity contribution in [1.82, 2.24) is 5.32 Å². The fourth-order valence-corrected chi connectivity index (χ4v) is 2.94. The van der Waals surface area contributed by atoms with Crippen molar-refractivity contribution in [1.29, 1.82) is 0 Å². The Labute approximate surface area is 145 Å². The summed E-state index contributed by atoms with van der Waals surface area (Å²) in [7, 11) is -3.28. The number of carbonyl (C=O) groups excluding carboxylic acids is 1. The van der Waals surface area contributed by atoms with Crippen LogP contribution in [0.25, 0.3) is 0 Å². The molecule has 7 nitrogen and oxygen atoms in total. The fraction of sp³-hybridized carbons (Fsp3) is 0.235. The van der Waals surface area contributed by atoms with Gasteiger partial charge in [0.15, 0.2) is 9.84 Å². The molecule has 1 amide bonds. The Hall–Kier alpha value is -2.74. The van der Waals surface area contributed by atoms with Gasteiger partial charge in [0.05, 0.1) is 15.9 Å². The maximum atomic E-state index is 12.3. The summed E-state index contributed by atoms with van der Waals surface area (Å²) in [5.41, 5.74) is 1.28. The molecule has 8 heteroatoms. The number of aryl methyl sites for hydroxylation is 1. The Morgan fingerprint density at radius 2 is 1.76 bits per heavy atom. The van der Waals surface area contributed by atoms with E-state index in [0.29, 0.717) is 5.56 Å². The largest absolute Gasteiger partial charge is 0.346 e. The molecule has 0 bridgehead atoms. The van der Waals surface area contributed by atoms with E-state index < -0.39 is 20.7 Å². The van der Waals surface area contributed by atoms with E-state index in [-0.39, 0.29) is 22.2 Å². The van der Waals surface area contributed by atoms with Crippen LogP contribution in [0.2, 0.25) is 0 Å². The highest BCUT2D eigenvalue weighted by atomic mass is 32.2. The number of benzene rings is 2. The zero-order chi connectivity index (χ0) is 18.8. The first-order valence-electron chi connectivity index (χ1n) is 7.45. The molecule has 1 atom stereocenters. The molecule has 0 saturated heterocycles. The lowest BCUT2D eigenvalue weighted by atomic mass is 10.1. The second-order valence-electron chi connectivity index (χ2n) is 5.79. The lowest BCUT2D eigenvalue weighted by Gasteiger charge is -2.15. The number of hydrogen-bond donors (Lipinski definition) is 1. The molecule has 0 radical (unpaired) electrons. The van der Waals surface area contributed by atoms with E-state index >= 15 is 0 Å². The number of carbonyl (C=O) groups is 1. The maximum absolute atomic E-state index is 12.3. The number of hydrogen-bond acceptors (Lipinski definition) is 5. The van der Waals surface area contributed by atoms with Crippen LogP contribution in [0, 0.1) is 17.0 Å². The first-order chi connectivity index (χ1) is 11.6. The molecule has 132 valence electrons. The molecule has 0 aliphatic heterocycles. The smallest absolute Gasteiger partial charge is 0.273 e. The van der Waals surface area contributed by atoms with E-state index in [2.05, 4.69) is 5.32 Å². The zero-order valence-electron chi connectivity index (χ0n) is 14.0. The Bertz CT molecular complexity index is 921. The first kappa shape index (κ1) is 18.6. The molecule has 2 aromatic rings. The normalized spacial score (nSPS) is 12.4. The van der Waals surface area contributed by atoms with Crippen LogP contribution in [-0.2, 0) is 9.84 Å². The highest BCUT2D eigenvalue weighted by Gasteiger charge is 2.17. The molecule has 0 unspecified atom stereocenters. The molecule has 0 aliphatic rings. The predicted molar refractivity (Wildman–Crippen MR) is 93.3 cm³/mol. The van der Waals surface area contributed by atoms with Crippen molar-refractivity contribution in [3.05, 3.63) is 69.3 Å². The van der Waals surface area contributed by atoms with E-state index in [1.807, 2.05) is 0 Å². The monoisotopic (exact) mass is 362 g/mol. The molecule has 0 fully saturated rings. The van der Waals surface area contributed by atoms with E-state index in [4.69, 9.17) is 0 Å². The summed E-state index contributed by atoms with van der Waals surface area (Å²) in [5.74, 6) is -0.442. The van der Waals surface area contributed by atoms with Gasteiger partial charge in [-0.2, -0.15) is 0 Å². The number of nitrogens with zero attached hydrogens (tertiary/aromatic N) is 1. The molecule has 0 spiro atoms. The summed E-state index contributed by atoms with van der Waals surface area (Å²) in [5, 5.41) is 13.7. The van der Waals surface area contributed by atoms with Gasteiger partial charge in [-0.15, -0.1) is 0 Å². The van der Waals surface area contributed by atoms with Gasteiger partial charge in [-0.05, 0) is 37.6 Å². The Morgan fingerprint density at radius 3 is 2.28 bits per heavy atom. The quantitative estimate of drug-likeness (QED) is 0.650. The molecule has 2 aromatic carbocycles. The second kappa shape index (κ2) is 7.02. The summed E-state index contributed by atoms with van der Waals surface area (Å²) in [6, 6.07) is 10.1. The van der Waals surface area contributed by atoms with Gasteiger partial charge in [0, 0.05) is 23.4 Å². The van der Waals surface area contributed by atoms with Crippen LogP contribution in [0.1, 0.15) is 34.5 Å². The standard InChI is InChI=1S/C17H18N2O5S/c1-11-4-5-14(10-16(11)19(21)22)17(20)18-12(2)13-6-8-15(9-7-13)25(3,23)24/h4-10,12H,1-3H3,(H,18,20)/t12-/m1/s1. The molecule has 0 aliphatic carbocycles. The topological polar surface area (TPSA) is 106 Å². The molecule has 0 aromatic heterocycles. The summed E-state index contributed by atoms with van der Waals surface area (Å²) in [6.45, 7) is 3.35. The van der Waals surface area contributed by atoms with Gasteiger partial charge in [-0.1, -0.05) is 18.2 Å². The molecule has 0 saturated carbocycles. The van der Waals surface area contributed by atoms with Gasteiger partial charge in [-0.3, -0.25) is 14.9 Å². The van der Waals surface area contributed by atoms with Gasteiger partial charge in [0.25, 0.3) is 11.6 Å². The van der Waals surface area contributed by atoms with Gasteiger partial charge in [0.2, 0.25) is 0 Å². The zero-order valence-corrected chi connectivity index (χ0v) is 14.8. The average Bonchev–Trinajstić information content (AvgIpc) is 2.54. The average molecular weight is 362 g/mol. The van der Waals surface area contributed by atoms with Crippen molar-refractivity contribution in [3.8, 4) is 0 Å². The van der Waals surface area contributed by atoms with Crippen molar-refractivity contribution in [2.24, 2.45) is 0 Å². The van der Waals surface area contributed by atoms with Gasteiger partial charge in [-0.25, -0.2) is 8.42 Å². The van der Waals surface area contributed by atoms with Crippen molar-refractivity contribution < 1.29 is 18.1 Å². The Balaban J connectivity index is 2.17. The van der Waals surface area contributed by atoms with Crippen LogP contribution in [-0.4, -0.2) is 25.5 Å². The summed E-state index contributed by atoms with van der Waals surface area (Å²) in [4.78, 5) is 23.0. The van der Waals surface area contributed by atoms with Crippen molar-refractivity contribution >= 4 is 21.4 Å². The molecular weight excluding hydrogens is 344 g/mol. The molecular formula is C17H18N2O5S. The number of amides is 1. The minimum Gasteiger partial charge on any atom is -0.346 e. The second-order valence-corrected chi connectivity index (χ2v) is 7.81. The van der Waals surface area contributed by atoms with Gasteiger partial charge >= 0.3 is 0 Å². The minimum atomic E-state index is -3.28. The number of nitrogens with one attached hydrogen (secondary N) is 1. The molecule has 2 rings (SSSR count). The third kappa shape index (κ3) is 4.42. The summed E-state index contributed by atoms with van der Waals surface area (Å²) < 4.78 is 22.9.